The number of anilines is 6. The maximum atomic E-state index is 2.35. The van der Waals surface area contributed by atoms with Crippen molar-refractivity contribution in [1.82, 2.24) is 0 Å². The Labute approximate surface area is 304 Å². The molecular formula is C48H45BN2. The summed E-state index contributed by atoms with van der Waals surface area (Å²) >= 11 is 0. The van der Waals surface area contributed by atoms with E-state index in [0.717, 1.165) is 34.1 Å². The van der Waals surface area contributed by atoms with Crippen molar-refractivity contribution in [3.05, 3.63) is 197 Å². The van der Waals surface area contributed by atoms with Gasteiger partial charge in [0.05, 0.1) is 0 Å². The third-order valence-corrected chi connectivity index (χ3v) is 9.95. The number of rotatable bonds is 9. The van der Waals surface area contributed by atoms with Crippen molar-refractivity contribution in [3.63, 3.8) is 0 Å². The lowest BCUT2D eigenvalue weighted by molar-refractivity contribution is 1.26. The molecule has 7 aromatic carbocycles. The van der Waals surface area contributed by atoms with Crippen LogP contribution in [0, 0.1) is 41.5 Å². The third kappa shape index (κ3) is 6.98. The Bertz CT molecular complexity index is 2100. The van der Waals surface area contributed by atoms with Gasteiger partial charge in [0.1, 0.15) is 0 Å². The van der Waals surface area contributed by atoms with E-state index in [1.54, 1.807) is 0 Å². The van der Waals surface area contributed by atoms with Gasteiger partial charge in [-0.1, -0.05) is 141 Å². The summed E-state index contributed by atoms with van der Waals surface area (Å²) in [6, 6.07) is 59.3. The fourth-order valence-electron chi connectivity index (χ4n) is 7.96. The van der Waals surface area contributed by atoms with Crippen LogP contribution in [0.2, 0.25) is 0 Å². The van der Waals surface area contributed by atoms with Gasteiger partial charge in [0, 0.05) is 34.1 Å². The average molecular weight is 661 g/mol. The lowest BCUT2D eigenvalue weighted by Gasteiger charge is -2.29. The van der Waals surface area contributed by atoms with Gasteiger partial charge in [-0.3, -0.25) is 0 Å². The zero-order valence-electron chi connectivity index (χ0n) is 30.6. The van der Waals surface area contributed by atoms with Gasteiger partial charge in [0.15, 0.2) is 0 Å². The predicted octanol–water partition coefficient (Wildman–Crippen LogP) is 11.0. The summed E-state index contributed by atoms with van der Waals surface area (Å²) in [4.78, 5) is 4.65. The molecule has 0 aliphatic heterocycles. The fourth-order valence-corrected chi connectivity index (χ4v) is 7.96. The highest BCUT2D eigenvalue weighted by molar-refractivity contribution is 6.96. The van der Waals surface area contributed by atoms with Crippen LogP contribution in [0.15, 0.2) is 164 Å². The molecule has 0 radical (unpaired) electrons. The third-order valence-electron chi connectivity index (χ3n) is 9.95. The van der Waals surface area contributed by atoms with Crippen LogP contribution in [0.1, 0.15) is 33.4 Å². The van der Waals surface area contributed by atoms with Gasteiger partial charge in [0.2, 0.25) is 6.71 Å². The lowest BCUT2D eigenvalue weighted by atomic mass is 9.34. The molecule has 0 aromatic heterocycles. The van der Waals surface area contributed by atoms with Crippen molar-refractivity contribution in [2.75, 3.05) is 9.80 Å². The largest absolute Gasteiger partial charge is 0.311 e. The summed E-state index contributed by atoms with van der Waals surface area (Å²) in [6.45, 7) is 13.6. The Hall–Kier alpha value is -5.80. The van der Waals surface area contributed by atoms with Gasteiger partial charge in [-0.15, -0.1) is 0 Å². The molecule has 51 heavy (non-hydrogen) atoms. The quantitative estimate of drug-likeness (QED) is 0.142. The Balaban J connectivity index is 1.31. The highest BCUT2D eigenvalue weighted by Gasteiger charge is 2.28. The number of aryl methyl sites for hydroxylation is 6. The summed E-state index contributed by atoms with van der Waals surface area (Å²) in [6.07, 6.45) is 0. The monoisotopic (exact) mass is 660 g/mol. The number of hydrogen-bond acceptors (Lipinski definition) is 2. The Morgan fingerprint density at radius 3 is 0.863 bits per heavy atom. The van der Waals surface area contributed by atoms with Crippen molar-refractivity contribution < 1.29 is 0 Å². The van der Waals surface area contributed by atoms with Gasteiger partial charge < -0.3 is 9.80 Å². The first kappa shape index (κ1) is 33.7. The molecule has 7 rings (SSSR count). The molecule has 0 unspecified atom stereocenters. The molecule has 0 atom stereocenters. The second-order valence-electron chi connectivity index (χ2n) is 13.8. The summed E-state index contributed by atoms with van der Waals surface area (Å²) in [7, 11) is 0. The molecule has 0 bridgehead atoms. The Morgan fingerprint density at radius 1 is 0.314 bits per heavy atom. The molecule has 0 heterocycles. The van der Waals surface area contributed by atoms with Crippen LogP contribution in [0.4, 0.5) is 34.1 Å². The second-order valence-corrected chi connectivity index (χ2v) is 13.8. The minimum absolute atomic E-state index is 0.131. The highest BCUT2D eigenvalue weighted by atomic mass is 15.2. The first-order valence-corrected chi connectivity index (χ1v) is 17.9. The van der Waals surface area contributed by atoms with E-state index in [0.29, 0.717) is 0 Å². The summed E-state index contributed by atoms with van der Waals surface area (Å²) in [5.74, 6) is 0. The maximum absolute atomic E-state index is 2.35. The molecule has 0 amide bonds. The van der Waals surface area contributed by atoms with E-state index < -0.39 is 0 Å². The van der Waals surface area contributed by atoms with Crippen LogP contribution in [-0.4, -0.2) is 6.71 Å². The summed E-state index contributed by atoms with van der Waals surface area (Å²) in [5, 5.41) is 0. The predicted molar refractivity (Wildman–Crippen MR) is 222 cm³/mol. The molecule has 0 spiro atoms. The van der Waals surface area contributed by atoms with Crippen molar-refractivity contribution in [2.24, 2.45) is 0 Å². The SMILES string of the molecule is Cc1cc(C)c(B(c2ccc(N(c3ccccc3)c3ccc(N(c4ccccc4)c4ccccc4)cc3)cc2)c2c(C)cc(C)cc2C)c(C)c1. The number of benzene rings is 7. The first-order valence-electron chi connectivity index (χ1n) is 17.9. The average Bonchev–Trinajstić information content (AvgIpc) is 3.13. The van der Waals surface area contributed by atoms with Gasteiger partial charge in [-0.2, -0.15) is 0 Å². The van der Waals surface area contributed by atoms with Gasteiger partial charge in [-0.25, -0.2) is 0 Å². The van der Waals surface area contributed by atoms with Gasteiger partial charge in [-0.05, 0) is 114 Å². The molecular weight excluding hydrogens is 615 g/mol. The number of hydrogen-bond donors (Lipinski definition) is 0. The molecule has 0 saturated carbocycles. The van der Waals surface area contributed by atoms with Crippen LogP contribution in [0.3, 0.4) is 0 Å². The van der Waals surface area contributed by atoms with Crippen LogP contribution in [0.5, 0.6) is 0 Å². The normalized spacial score (nSPS) is 10.9. The Kier molecular flexibility index (Phi) is 9.64. The van der Waals surface area contributed by atoms with Crippen molar-refractivity contribution in [1.29, 1.82) is 0 Å². The summed E-state index contributed by atoms with van der Waals surface area (Å²) < 4.78 is 0. The zero-order valence-corrected chi connectivity index (χ0v) is 30.6. The van der Waals surface area contributed by atoms with Crippen LogP contribution >= 0.6 is 0 Å². The molecule has 250 valence electrons. The molecule has 7 aromatic rings. The minimum atomic E-state index is 0.131. The molecule has 2 nitrogen and oxygen atoms in total. The van der Waals surface area contributed by atoms with Crippen LogP contribution < -0.4 is 26.2 Å². The Morgan fingerprint density at radius 2 is 0.569 bits per heavy atom. The van der Waals surface area contributed by atoms with Gasteiger partial charge in [0.25, 0.3) is 0 Å². The van der Waals surface area contributed by atoms with Crippen molar-refractivity contribution in [2.45, 2.75) is 41.5 Å². The van der Waals surface area contributed by atoms with E-state index >= 15 is 0 Å². The second kappa shape index (κ2) is 14.6. The number of para-hydroxylation sites is 3. The zero-order chi connectivity index (χ0) is 35.5. The number of nitrogens with zero attached hydrogens (tertiary/aromatic N) is 2. The maximum Gasteiger partial charge on any atom is 0.242 e. The molecule has 0 aliphatic carbocycles. The summed E-state index contributed by atoms with van der Waals surface area (Å²) in [5.41, 5.74) is 18.8. The van der Waals surface area contributed by atoms with E-state index in [2.05, 4.69) is 215 Å². The first-order chi connectivity index (χ1) is 24.8. The molecule has 3 heteroatoms. The van der Waals surface area contributed by atoms with Gasteiger partial charge >= 0.3 is 0 Å². The molecule has 0 aliphatic rings. The highest BCUT2D eigenvalue weighted by Crippen LogP contribution is 2.38. The van der Waals surface area contributed by atoms with E-state index in [-0.39, 0.29) is 6.71 Å². The smallest absolute Gasteiger partial charge is 0.242 e. The van der Waals surface area contributed by atoms with E-state index in [1.807, 2.05) is 0 Å². The topological polar surface area (TPSA) is 6.48 Å². The van der Waals surface area contributed by atoms with E-state index in [9.17, 15) is 0 Å². The standard InChI is InChI=1S/C48H45BN2/c1-34-30-36(3)47(37(4)31-34)49(48-38(5)32-35(2)33-39(48)6)40-22-24-44(25-23-40)51(43-20-14-9-15-21-43)46-28-26-45(27-29-46)50(41-16-10-7-11-17-41)42-18-12-8-13-19-42/h7-33H,1-6H3. The van der Waals surface area contributed by atoms with E-state index in [1.165, 1.54) is 49.8 Å². The van der Waals surface area contributed by atoms with E-state index in [4.69, 9.17) is 0 Å². The molecule has 0 N–H and O–H groups in total. The molecule has 0 fully saturated rings. The van der Waals surface area contributed by atoms with Crippen molar-refractivity contribution in [3.8, 4) is 0 Å². The fraction of sp³-hybridized carbons (Fsp3) is 0.125. The van der Waals surface area contributed by atoms with Crippen LogP contribution in [0.25, 0.3) is 0 Å². The van der Waals surface area contributed by atoms with Crippen LogP contribution in [-0.2, 0) is 0 Å². The minimum Gasteiger partial charge on any atom is -0.311 e. The molecule has 0 saturated heterocycles. The van der Waals surface area contributed by atoms with Crippen molar-refractivity contribution >= 4 is 57.2 Å². The lowest BCUT2D eigenvalue weighted by Crippen LogP contribution is -2.55.